The van der Waals surface area contributed by atoms with E-state index >= 15 is 0 Å². The van der Waals surface area contributed by atoms with Crippen LogP contribution in [0.4, 0.5) is 4.79 Å². The Balaban J connectivity index is 1.38. The third kappa shape index (κ3) is 6.07. The molecule has 1 aliphatic heterocycles. The summed E-state index contributed by atoms with van der Waals surface area (Å²) in [6.07, 6.45) is 10.8. The van der Waals surface area contributed by atoms with Crippen LogP contribution in [0.3, 0.4) is 0 Å². The molecule has 0 atom stereocenters. The zero-order chi connectivity index (χ0) is 19.1. The predicted octanol–water partition coefficient (Wildman–Crippen LogP) is 2.88. The van der Waals surface area contributed by atoms with Gasteiger partial charge in [-0.2, -0.15) is 0 Å². The van der Waals surface area contributed by atoms with Crippen molar-refractivity contribution in [3.63, 3.8) is 0 Å². The van der Waals surface area contributed by atoms with E-state index in [1.165, 1.54) is 36.7 Å². The van der Waals surface area contributed by atoms with Crippen molar-refractivity contribution in [3.05, 3.63) is 28.0 Å². The minimum atomic E-state index is -0.112. The van der Waals surface area contributed by atoms with Gasteiger partial charge < -0.3 is 20.6 Å². The van der Waals surface area contributed by atoms with E-state index in [1.54, 1.807) is 6.08 Å². The Morgan fingerprint density at radius 3 is 2.48 bits per heavy atom. The quantitative estimate of drug-likeness (QED) is 0.675. The number of amides is 3. The van der Waals surface area contributed by atoms with Crippen molar-refractivity contribution >= 4 is 29.4 Å². The van der Waals surface area contributed by atoms with Crippen LogP contribution in [0.15, 0.2) is 17.5 Å². The number of aliphatic hydroxyl groups excluding tert-OH is 1. The molecular formula is C20H29N3O3S. The number of thiophene rings is 1. The lowest BCUT2D eigenvalue weighted by Gasteiger charge is -2.34. The molecule has 2 aliphatic rings. The summed E-state index contributed by atoms with van der Waals surface area (Å²) in [4.78, 5) is 27.3. The van der Waals surface area contributed by atoms with E-state index in [1.807, 2.05) is 16.3 Å². The summed E-state index contributed by atoms with van der Waals surface area (Å²) >= 11 is 1.50. The van der Waals surface area contributed by atoms with Crippen molar-refractivity contribution in [3.8, 4) is 0 Å². The van der Waals surface area contributed by atoms with Gasteiger partial charge in [0, 0.05) is 36.1 Å². The van der Waals surface area contributed by atoms with Crippen LogP contribution >= 0.6 is 11.3 Å². The van der Waals surface area contributed by atoms with Crippen LogP contribution in [0.5, 0.6) is 0 Å². The van der Waals surface area contributed by atoms with Gasteiger partial charge in [-0.25, -0.2) is 4.79 Å². The molecule has 148 valence electrons. The predicted molar refractivity (Wildman–Crippen MR) is 107 cm³/mol. The molecule has 3 rings (SSSR count). The SMILES string of the molecule is O=C(/C=C/c1cc(CO)cs1)NC1CCN(C(=O)NC2CCCCC2)CC1. The fourth-order valence-electron chi connectivity index (χ4n) is 3.71. The van der Waals surface area contributed by atoms with Gasteiger partial charge in [0.05, 0.1) is 6.61 Å². The van der Waals surface area contributed by atoms with Crippen molar-refractivity contribution in [1.82, 2.24) is 15.5 Å². The zero-order valence-electron chi connectivity index (χ0n) is 15.7. The van der Waals surface area contributed by atoms with Crippen molar-refractivity contribution in [1.29, 1.82) is 0 Å². The highest BCUT2D eigenvalue weighted by atomic mass is 32.1. The van der Waals surface area contributed by atoms with E-state index < -0.39 is 0 Å². The van der Waals surface area contributed by atoms with Crippen LogP contribution in [-0.2, 0) is 11.4 Å². The molecule has 1 aliphatic carbocycles. The second kappa shape index (κ2) is 9.90. The molecule has 0 spiro atoms. The molecule has 0 unspecified atom stereocenters. The fourth-order valence-corrected chi connectivity index (χ4v) is 4.51. The summed E-state index contributed by atoms with van der Waals surface area (Å²) in [5.41, 5.74) is 0.860. The third-order valence-corrected chi connectivity index (χ3v) is 6.26. The minimum Gasteiger partial charge on any atom is -0.392 e. The number of piperidine rings is 1. The summed E-state index contributed by atoms with van der Waals surface area (Å²) in [6.45, 7) is 1.37. The molecule has 27 heavy (non-hydrogen) atoms. The van der Waals surface area contributed by atoms with Crippen LogP contribution in [-0.4, -0.2) is 47.1 Å². The Labute approximate surface area is 164 Å². The molecule has 6 nitrogen and oxygen atoms in total. The molecule has 1 aromatic rings. The highest BCUT2D eigenvalue weighted by Gasteiger charge is 2.25. The molecular weight excluding hydrogens is 362 g/mol. The molecule has 1 aromatic heterocycles. The number of carbonyl (C=O) groups is 2. The van der Waals surface area contributed by atoms with Crippen LogP contribution < -0.4 is 10.6 Å². The first kappa shape index (κ1) is 19.9. The first-order valence-corrected chi connectivity index (χ1v) is 10.7. The van der Waals surface area contributed by atoms with E-state index in [-0.39, 0.29) is 24.6 Å². The molecule has 3 amide bonds. The largest absolute Gasteiger partial charge is 0.392 e. The van der Waals surface area contributed by atoms with Crippen molar-refractivity contribution in [2.75, 3.05) is 13.1 Å². The number of hydrogen-bond acceptors (Lipinski definition) is 4. The summed E-state index contributed by atoms with van der Waals surface area (Å²) in [5.74, 6) is -0.112. The third-order valence-electron chi connectivity index (χ3n) is 5.32. The highest BCUT2D eigenvalue weighted by molar-refractivity contribution is 7.11. The van der Waals surface area contributed by atoms with Crippen LogP contribution in [0.1, 0.15) is 55.4 Å². The summed E-state index contributed by atoms with van der Waals surface area (Å²) in [7, 11) is 0. The Hall–Kier alpha value is -1.86. The average molecular weight is 392 g/mol. The maximum Gasteiger partial charge on any atom is 0.317 e. The molecule has 2 fully saturated rings. The van der Waals surface area contributed by atoms with E-state index in [0.717, 1.165) is 36.1 Å². The minimum absolute atomic E-state index is 0.0173. The molecule has 0 radical (unpaired) electrons. The highest BCUT2D eigenvalue weighted by Crippen LogP contribution is 2.19. The van der Waals surface area contributed by atoms with Crippen molar-refractivity contribution in [2.24, 2.45) is 0 Å². The second-order valence-electron chi connectivity index (χ2n) is 7.40. The van der Waals surface area contributed by atoms with Gasteiger partial charge in [-0.3, -0.25) is 4.79 Å². The number of carbonyl (C=O) groups excluding carboxylic acids is 2. The number of nitrogens with zero attached hydrogens (tertiary/aromatic N) is 1. The second-order valence-corrected chi connectivity index (χ2v) is 8.35. The van der Waals surface area contributed by atoms with Gasteiger partial charge in [-0.1, -0.05) is 19.3 Å². The van der Waals surface area contributed by atoms with E-state index in [4.69, 9.17) is 5.11 Å². The monoisotopic (exact) mass is 391 g/mol. The maximum atomic E-state index is 12.4. The van der Waals surface area contributed by atoms with E-state index in [0.29, 0.717) is 19.1 Å². The van der Waals surface area contributed by atoms with Gasteiger partial charge in [-0.15, -0.1) is 11.3 Å². The normalized spacial score (nSPS) is 19.4. The first-order chi connectivity index (χ1) is 13.1. The lowest BCUT2D eigenvalue weighted by molar-refractivity contribution is -0.117. The topological polar surface area (TPSA) is 81.7 Å². The molecule has 0 bridgehead atoms. The summed E-state index contributed by atoms with van der Waals surface area (Å²) in [6, 6.07) is 2.36. The lowest BCUT2D eigenvalue weighted by Crippen LogP contribution is -2.51. The summed E-state index contributed by atoms with van der Waals surface area (Å²) < 4.78 is 0. The van der Waals surface area contributed by atoms with Gasteiger partial charge in [0.1, 0.15) is 0 Å². The molecule has 1 saturated heterocycles. The Morgan fingerprint density at radius 2 is 1.81 bits per heavy atom. The number of likely N-dealkylation sites (tertiary alicyclic amines) is 1. The number of urea groups is 1. The maximum absolute atomic E-state index is 12.4. The number of nitrogens with one attached hydrogen (secondary N) is 2. The summed E-state index contributed by atoms with van der Waals surface area (Å²) in [5, 5.41) is 17.1. The van der Waals surface area contributed by atoms with Crippen molar-refractivity contribution in [2.45, 2.75) is 63.6 Å². The smallest absolute Gasteiger partial charge is 0.317 e. The molecule has 1 saturated carbocycles. The fraction of sp³-hybridized carbons (Fsp3) is 0.600. The van der Waals surface area contributed by atoms with Gasteiger partial charge in [-0.05, 0) is 48.8 Å². The van der Waals surface area contributed by atoms with E-state index in [9.17, 15) is 9.59 Å². The number of hydrogen-bond donors (Lipinski definition) is 3. The molecule has 2 heterocycles. The van der Waals surface area contributed by atoms with E-state index in [2.05, 4.69) is 10.6 Å². The van der Waals surface area contributed by atoms with Gasteiger partial charge in [0.15, 0.2) is 0 Å². The Kier molecular flexibility index (Phi) is 7.29. The number of aliphatic hydroxyl groups is 1. The molecule has 3 N–H and O–H groups in total. The molecule has 0 aromatic carbocycles. The zero-order valence-corrected chi connectivity index (χ0v) is 16.5. The average Bonchev–Trinajstić information content (AvgIpc) is 3.16. The van der Waals surface area contributed by atoms with Gasteiger partial charge in [0.2, 0.25) is 5.91 Å². The first-order valence-electron chi connectivity index (χ1n) is 9.86. The standard InChI is InChI=1S/C20H29N3O3S/c24-13-15-12-18(27-14-15)6-7-19(25)21-17-8-10-23(11-9-17)20(26)22-16-4-2-1-3-5-16/h6-7,12,14,16-17,24H,1-5,8-11,13H2,(H,21,25)(H,22,26)/b7-6+. The van der Waals surface area contributed by atoms with Crippen molar-refractivity contribution < 1.29 is 14.7 Å². The van der Waals surface area contributed by atoms with Crippen LogP contribution in [0.25, 0.3) is 6.08 Å². The Morgan fingerprint density at radius 1 is 1.11 bits per heavy atom. The van der Waals surface area contributed by atoms with Crippen LogP contribution in [0, 0.1) is 0 Å². The van der Waals surface area contributed by atoms with Gasteiger partial charge in [0.25, 0.3) is 0 Å². The molecule has 7 heteroatoms. The lowest BCUT2D eigenvalue weighted by atomic mass is 9.95. The van der Waals surface area contributed by atoms with Gasteiger partial charge >= 0.3 is 6.03 Å². The number of rotatable bonds is 5. The Bertz CT molecular complexity index is 659. The van der Waals surface area contributed by atoms with Crippen LogP contribution in [0.2, 0.25) is 0 Å².